The van der Waals surface area contributed by atoms with E-state index in [1.807, 2.05) is 24.3 Å². The van der Waals surface area contributed by atoms with E-state index in [4.69, 9.17) is 0 Å². The van der Waals surface area contributed by atoms with Gasteiger partial charge in [0.1, 0.15) is 6.29 Å². The third-order valence-corrected chi connectivity index (χ3v) is 6.71. The predicted octanol–water partition coefficient (Wildman–Crippen LogP) is 4.51. The van der Waals surface area contributed by atoms with E-state index in [0.717, 1.165) is 63.8 Å². The molecular formula is C26H32N2O2. The smallest absolute Gasteiger partial charge is 0.225 e. The molecule has 0 bridgehead atoms. The average molecular weight is 405 g/mol. The average Bonchev–Trinajstić information content (AvgIpc) is 2.80. The second-order valence-electron chi connectivity index (χ2n) is 8.95. The van der Waals surface area contributed by atoms with Crippen molar-refractivity contribution in [1.82, 2.24) is 4.90 Å². The summed E-state index contributed by atoms with van der Waals surface area (Å²) in [5.41, 5.74) is 4.52. The van der Waals surface area contributed by atoms with E-state index in [9.17, 15) is 9.59 Å². The topological polar surface area (TPSA) is 40.6 Å². The number of nitrogens with zero attached hydrogens (tertiary/aromatic N) is 2. The minimum atomic E-state index is 0.147. The van der Waals surface area contributed by atoms with Gasteiger partial charge in [0.25, 0.3) is 0 Å². The standard InChI is InChI=1S/C26H32N2O2/c1-20-4-6-21(7-5-20)17-23-3-2-14-28(18-23)26(30)24-12-15-27(16-13-24)25-10-8-22(19-29)9-11-25/h4-11,19,23-24H,2-3,12-18H2,1H3/t23-/m1/s1. The van der Waals surface area contributed by atoms with Crippen molar-refractivity contribution in [3.63, 3.8) is 0 Å². The van der Waals surface area contributed by atoms with Gasteiger partial charge in [0.15, 0.2) is 0 Å². The summed E-state index contributed by atoms with van der Waals surface area (Å²) in [5, 5.41) is 0. The molecule has 0 unspecified atom stereocenters. The van der Waals surface area contributed by atoms with Crippen LogP contribution in [0.2, 0.25) is 0 Å². The summed E-state index contributed by atoms with van der Waals surface area (Å²) in [5.74, 6) is 1.08. The molecule has 1 amide bonds. The Morgan fingerprint density at radius 2 is 1.67 bits per heavy atom. The molecule has 2 saturated heterocycles. The highest BCUT2D eigenvalue weighted by Gasteiger charge is 2.31. The summed E-state index contributed by atoms with van der Waals surface area (Å²) < 4.78 is 0. The van der Waals surface area contributed by atoms with Crippen molar-refractivity contribution in [2.75, 3.05) is 31.1 Å². The number of piperidine rings is 2. The van der Waals surface area contributed by atoms with Crippen LogP contribution in [0.4, 0.5) is 5.69 Å². The van der Waals surface area contributed by atoms with Crippen molar-refractivity contribution in [1.29, 1.82) is 0 Å². The van der Waals surface area contributed by atoms with Gasteiger partial charge in [0, 0.05) is 43.3 Å². The molecule has 4 rings (SSSR count). The number of anilines is 1. The Morgan fingerprint density at radius 1 is 0.967 bits per heavy atom. The number of hydrogen-bond acceptors (Lipinski definition) is 3. The maximum Gasteiger partial charge on any atom is 0.225 e. The van der Waals surface area contributed by atoms with Crippen molar-refractivity contribution < 1.29 is 9.59 Å². The fraction of sp³-hybridized carbons (Fsp3) is 0.462. The second-order valence-corrected chi connectivity index (χ2v) is 8.95. The summed E-state index contributed by atoms with van der Waals surface area (Å²) in [6.45, 7) is 5.74. The number of carbonyl (C=O) groups is 2. The lowest BCUT2D eigenvalue weighted by Crippen LogP contribution is -2.46. The first-order chi connectivity index (χ1) is 14.6. The molecule has 1 atom stereocenters. The van der Waals surface area contributed by atoms with Crippen LogP contribution in [0.3, 0.4) is 0 Å². The number of aldehydes is 1. The number of likely N-dealkylation sites (tertiary alicyclic amines) is 1. The quantitative estimate of drug-likeness (QED) is 0.689. The molecule has 0 aromatic heterocycles. The van der Waals surface area contributed by atoms with Gasteiger partial charge in [-0.05, 0) is 74.8 Å². The first kappa shape index (κ1) is 20.6. The number of carbonyl (C=O) groups excluding carboxylic acids is 2. The molecule has 0 aliphatic carbocycles. The maximum absolute atomic E-state index is 13.2. The van der Waals surface area contributed by atoms with Gasteiger partial charge in [-0.15, -0.1) is 0 Å². The number of aryl methyl sites for hydroxylation is 1. The Balaban J connectivity index is 1.29. The van der Waals surface area contributed by atoms with Crippen LogP contribution in [0.15, 0.2) is 48.5 Å². The highest BCUT2D eigenvalue weighted by Crippen LogP contribution is 2.28. The van der Waals surface area contributed by atoms with E-state index in [0.29, 0.717) is 17.4 Å². The summed E-state index contributed by atoms with van der Waals surface area (Å²) in [6, 6.07) is 16.6. The monoisotopic (exact) mass is 404 g/mol. The Labute approximate surface area is 179 Å². The Morgan fingerprint density at radius 3 is 2.33 bits per heavy atom. The second kappa shape index (κ2) is 9.46. The van der Waals surface area contributed by atoms with Crippen molar-refractivity contribution in [2.24, 2.45) is 11.8 Å². The lowest BCUT2D eigenvalue weighted by molar-refractivity contribution is -0.138. The number of amides is 1. The highest BCUT2D eigenvalue weighted by molar-refractivity contribution is 5.79. The van der Waals surface area contributed by atoms with E-state index in [-0.39, 0.29) is 5.92 Å². The van der Waals surface area contributed by atoms with Crippen LogP contribution in [0, 0.1) is 18.8 Å². The first-order valence-electron chi connectivity index (χ1n) is 11.3. The van der Waals surface area contributed by atoms with Crippen LogP contribution >= 0.6 is 0 Å². The Bertz CT molecular complexity index is 852. The van der Waals surface area contributed by atoms with Gasteiger partial charge in [0.05, 0.1) is 0 Å². The van der Waals surface area contributed by atoms with E-state index < -0.39 is 0 Å². The number of benzene rings is 2. The molecule has 2 fully saturated rings. The Hall–Kier alpha value is -2.62. The normalized spacial score (nSPS) is 20.2. The molecule has 2 aromatic carbocycles. The van der Waals surface area contributed by atoms with Gasteiger partial charge in [-0.1, -0.05) is 29.8 Å². The third-order valence-electron chi connectivity index (χ3n) is 6.71. The lowest BCUT2D eigenvalue weighted by atomic mass is 9.89. The molecular weight excluding hydrogens is 372 g/mol. The van der Waals surface area contributed by atoms with Gasteiger partial charge in [-0.3, -0.25) is 9.59 Å². The molecule has 2 aliphatic heterocycles. The highest BCUT2D eigenvalue weighted by atomic mass is 16.2. The fourth-order valence-electron chi connectivity index (χ4n) is 4.90. The zero-order valence-electron chi connectivity index (χ0n) is 17.9. The van der Waals surface area contributed by atoms with Crippen LogP contribution in [0.5, 0.6) is 0 Å². The molecule has 0 N–H and O–H groups in total. The molecule has 0 radical (unpaired) electrons. The lowest BCUT2D eigenvalue weighted by Gasteiger charge is -2.38. The molecule has 0 spiro atoms. The summed E-state index contributed by atoms with van der Waals surface area (Å²) >= 11 is 0. The van der Waals surface area contributed by atoms with Gasteiger partial charge in [0.2, 0.25) is 5.91 Å². The van der Waals surface area contributed by atoms with Crippen molar-refractivity contribution in [2.45, 2.75) is 39.0 Å². The molecule has 30 heavy (non-hydrogen) atoms. The summed E-state index contributed by atoms with van der Waals surface area (Å²) in [7, 11) is 0. The van der Waals surface area contributed by atoms with Crippen molar-refractivity contribution in [3.8, 4) is 0 Å². The van der Waals surface area contributed by atoms with Crippen LogP contribution in [0.1, 0.15) is 47.2 Å². The Kier molecular flexibility index (Phi) is 6.51. The van der Waals surface area contributed by atoms with Crippen LogP contribution in [-0.4, -0.2) is 43.3 Å². The van der Waals surface area contributed by atoms with Crippen molar-refractivity contribution >= 4 is 17.9 Å². The van der Waals surface area contributed by atoms with Gasteiger partial charge in [-0.25, -0.2) is 0 Å². The van der Waals surface area contributed by atoms with Crippen molar-refractivity contribution in [3.05, 3.63) is 65.2 Å². The molecule has 4 nitrogen and oxygen atoms in total. The van der Waals surface area contributed by atoms with E-state index in [1.165, 1.54) is 17.5 Å². The zero-order chi connectivity index (χ0) is 20.9. The SMILES string of the molecule is Cc1ccc(C[C@H]2CCCN(C(=O)C3CCN(c4ccc(C=O)cc4)CC3)C2)cc1. The molecule has 2 aliphatic rings. The number of hydrogen-bond donors (Lipinski definition) is 0. The number of rotatable bonds is 5. The zero-order valence-corrected chi connectivity index (χ0v) is 17.9. The fourth-order valence-corrected chi connectivity index (χ4v) is 4.90. The van der Waals surface area contributed by atoms with E-state index >= 15 is 0 Å². The minimum Gasteiger partial charge on any atom is -0.371 e. The van der Waals surface area contributed by atoms with Crippen LogP contribution in [0.25, 0.3) is 0 Å². The molecule has 4 heteroatoms. The largest absolute Gasteiger partial charge is 0.371 e. The molecule has 2 aromatic rings. The molecule has 2 heterocycles. The van der Waals surface area contributed by atoms with Gasteiger partial charge >= 0.3 is 0 Å². The van der Waals surface area contributed by atoms with Gasteiger partial charge < -0.3 is 9.80 Å². The molecule has 0 saturated carbocycles. The van der Waals surface area contributed by atoms with E-state index in [1.54, 1.807) is 0 Å². The predicted molar refractivity (Wildman–Crippen MR) is 121 cm³/mol. The first-order valence-corrected chi connectivity index (χ1v) is 11.3. The third kappa shape index (κ3) is 4.92. The van der Waals surface area contributed by atoms with Crippen LogP contribution < -0.4 is 4.90 Å². The summed E-state index contributed by atoms with van der Waals surface area (Å²) in [6.07, 6.45) is 6.09. The van der Waals surface area contributed by atoms with Gasteiger partial charge in [-0.2, -0.15) is 0 Å². The maximum atomic E-state index is 13.2. The molecule has 158 valence electrons. The summed E-state index contributed by atoms with van der Waals surface area (Å²) in [4.78, 5) is 28.5. The van der Waals surface area contributed by atoms with Crippen LogP contribution in [-0.2, 0) is 11.2 Å². The minimum absolute atomic E-state index is 0.147. The van der Waals surface area contributed by atoms with E-state index in [2.05, 4.69) is 41.0 Å².